The average Bonchev–Trinajstić information content (AvgIpc) is 2.55. The second kappa shape index (κ2) is 5.25. The fraction of sp³-hybridized carbons (Fsp3) is 0.357. The second-order valence-corrected chi connectivity index (χ2v) is 5.99. The number of hydrogen-bond donors (Lipinski definition) is 1. The minimum Gasteiger partial charge on any atom is -0.393 e. The Hall–Kier alpha value is -1.49. The molecule has 1 heterocycles. The number of rotatable bonds is 3. The first-order valence-electron chi connectivity index (χ1n) is 6.24. The summed E-state index contributed by atoms with van der Waals surface area (Å²) in [5, 5.41) is 0. The molecule has 0 amide bonds. The lowest BCUT2D eigenvalue weighted by molar-refractivity contribution is 0.563. The summed E-state index contributed by atoms with van der Waals surface area (Å²) >= 11 is 3.39. The Balaban J connectivity index is 2.59. The Bertz CT molecular complexity index is 638. The third-order valence-electron chi connectivity index (χ3n) is 3.10. The highest BCUT2D eigenvalue weighted by molar-refractivity contribution is 9.10. The maximum absolute atomic E-state index is 12.3. The predicted molar refractivity (Wildman–Crippen MR) is 81.7 cm³/mol. The minimum absolute atomic E-state index is 0.152. The van der Waals surface area contributed by atoms with Gasteiger partial charge in [-0.3, -0.25) is 9.48 Å². The van der Waals surface area contributed by atoms with Crippen LogP contribution in [0.15, 0.2) is 33.5 Å². The van der Waals surface area contributed by atoms with Crippen molar-refractivity contribution in [3.63, 3.8) is 0 Å². The van der Waals surface area contributed by atoms with Crippen molar-refractivity contribution in [2.24, 2.45) is 13.0 Å². The van der Waals surface area contributed by atoms with E-state index < -0.39 is 0 Å². The largest absolute Gasteiger partial charge is 0.393 e. The van der Waals surface area contributed by atoms with Gasteiger partial charge in [-0.05, 0) is 36.6 Å². The molecule has 0 spiro atoms. The zero-order valence-corrected chi connectivity index (χ0v) is 12.9. The molecule has 0 fully saturated rings. The number of nitrogens with two attached hydrogens (primary N) is 1. The molecule has 1 aromatic heterocycles. The van der Waals surface area contributed by atoms with Crippen molar-refractivity contribution in [2.75, 3.05) is 5.73 Å². The van der Waals surface area contributed by atoms with E-state index in [4.69, 9.17) is 5.73 Å². The SMILES string of the molecule is CC(C)Cc1c(N)c(=O)n(-c2ccc(Br)cc2)n1C. The van der Waals surface area contributed by atoms with Crippen LogP contribution in [-0.2, 0) is 13.5 Å². The van der Waals surface area contributed by atoms with Crippen LogP contribution in [0.25, 0.3) is 5.69 Å². The van der Waals surface area contributed by atoms with Crippen molar-refractivity contribution in [3.05, 3.63) is 44.8 Å². The van der Waals surface area contributed by atoms with Crippen molar-refractivity contribution < 1.29 is 0 Å². The lowest BCUT2D eigenvalue weighted by Gasteiger charge is -2.11. The van der Waals surface area contributed by atoms with E-state index in [-0.39, 0.29) is 5.56 Å². The van der Waals surface area contributed by atoms with Gasteiger partial charge in [-0.2, -0.15) is 0 Å². The topological polar surface area (TPSA) is 53.0 Å². The van der Waals surface area contributed by atoms with Crippen LogP contribution in [0, 0.1) is 5.92 Å². The summed E-state index contributed by atoms with van der Waals surface area (Å²) in [5.41, 5.74) is 7.86. The van der Waals surface area contributed by atoms with Gasteiger partial charge in [-0.15, -0.1) is 0 Å². The number of anilines is 1. The first-order chi connectivity index (χ1) is 8.91. The molecular weight excluding hydrogens is 306 g/mol. The normalized spacial score (nSPS) is 11.2. The van der Waals surface area contributed by atoms with Crippen LogP contribution in [0.1, 0.15) is 19.5 Å². The van der Waals surface area contributed by atoms with Crippen LogP contribution in [0.5, 0.6) is 0 Å². The molecule has 0 bridgehead atoms. The summed E-state index contributed by atoms with van der Waals surface area (Å²) in [5.74, 6) is 0.452. The molecule has 0 radical (unpaired) electrons. The molecule has 0 aliphatic rings. The van der Waals surface area contributed by atoms with Crippen LogP contribution in [0.3, 0.4) is 0 Å². The lowest BCUT2D eigenvalue weighted by Crippen LogP contribution is -2.20. The Morgan fingerprint density at radius 3 is 2.37 bits per heavy atom. The molecule has 0 unspecified atom stereocenters. The van der Waals surface area contributed by atoms with E-state index in [1.807, 2.05) is 36.0 Å². The molecule has 0 saturated heterocycles. The fourth-order valence-electron chi connectivity index (χ4n) is 2.17. The van der Waals surface area contributed by atoms with Crippen molar-refractivity contribution in [1.82, 2.24) is 9.36 Å². The standard InChI is InChI=1S/C14H18BrN3O/c1-9(2)8-12-13(16)14(19)18(17(12)3)11-6-4-10(15)5-7-11/h4-7,9H,8,16H2,1-3H3. The number of aromatic nitrogens is 2. The van der Waals surface area contributed by atoms with Crippen molar-refractivity contribution in [1.29, 1.82) is 0 Å². The summed E-state index contributed by atoms with van der Waals surface area (Å²) in [6, 6.07) is 7.61. The number of benzene rings is 1. The first kappa shape index (κ1) is 13.9. The molecule has 0 aliphatic carbocycles. The maximum Gasteiger partial charge on any atom is 0.294 e. The van der Waals surface area contributed by atoms with E-state index in [0.717, 1.165) is 22.3 Å². The molecule has 0 aliphatic heterocycles. The lowest BCUT2D eigenvalue weighted by atomic mass is 10.1. The maximum atomic E-state index is 12.3. The van der Waals surface area contributed by atoms with Gasteiger partial charge in [0.25, 0.3) is 5.56 Å². The summed E-state index contributed by atoms with van der Waals surface area (Å²) in [6.45, 7) is 4.22. The van der Waals surface area contributed by atoms with E-state index >= 15 is 0 Å². The predicted octanol–water partition coefficient (Wildman–Crippen LogP) is 2.72. The highest BCUT2D eigenvalue weighted by atomic mass is 79.9. The zero-order chi connectivity index (χ0) is 14.2. The molecule has 2 aromatic rings. The fourth-order valence-corrected chi connectivity index (χ4v) is 2.43. The van der Waals surface area contributed by atoms with Gasteiger partial charge >= 0.3 is 0 Å². The molecule has 19 heavy (non-hydrogen) atoms. The Morgan fingerprint density at radius 2 is 1.84 bits per heavy atom. The molecule has 4 nitrogen and oxygen atoms in total. The van der Waals surface area contributed by atoms with Gasteiger partial charge < -0.3 is 5.73 Å². The van der Waals surface area contributed by atoms with Gasteiger partial charge in [-0.25, -0.2) is 4.68 Å². The Kier molecular flexibility index (Phi) is 3.85. The number of halogens is 1. The summed E-state index contributed by atoms with van der Waals surface area (Å²) < 4.78 is 4.44. The molecule has 2 N–H and O–H groups in total. The number of nitrogens with zero attached hydrogens (tertiary/aromatic N) is 2. The Morgan fingerprint density at radius 1 is 1.26 bits per heavy atom. The van der Waals surface area contributed by atoms with Crippen LogP contribution >= 0.6 is 15.9 Å². The summed E-state index contributed by atoms with van der Waals surface area (Å²) in [6.07, 6.45) is 0.793. The van der Waals surface area contributed by atoms with E-state index in [1.165, 1.54) is 0 Å². The van der Waals surface area contributed by atoms with E-state index in [2.05, 4.69) is 29.8 Å². The van der Waals surface area contributed by atoms with E-state index in [0.29, 0.717) is 11.6 Å². The van der Waals surface area contributed by atoms with Gasteiger partial charge in [-0.1, -0.05) is 29.8 Å². The van der Waals surface area contributed by atoms with Gasteiger partial charge in [0.15, 0.2) is 0 Å². The van der Waals surface area contributed by atoms with Crippen LogP contribution in [0.2, 0.25) is 0 Å². The second-order valence-electron chi connectivity index (χ2n) is 5.08. The molecule has 0 atom stereocenters. The summed E-state index contributed by atoms with van der Waals surface area (Å²) in [7, 11) is 1.87. The van der Waals surface area contributed by atoms with Crippen LogP contribution < -0.4 is 11.3 Å². The molecule has 5 heteroatoms. The highest BCUT2D eigenvalue weighted by Gasteiger charge is 2.17. The number of nitrogen functional groups attached to an aromatic ring is 1. The molecule has 0 saturated carbocycles. The average molecular weight is 324 g/mol. The monoisotopic (exact) mass is 323 g/mol. The molecule has 1 aromatic carbocycles. The van der Waals surface area contributed by atoms with Crippen molar-refractivity contribution in [2.45, 2.75) is 20.3 Å². The van der Waals surface area contributed by atoms with Gasteiger partial charge in [0.05, 0.1) is 11.4 Å². The third kappa shape index (κ3) is 2.61. The highest BCUT2D eigenvalue weighted by Crippen LogP contribution is 2.17. The summed E-state index contributed by atoms with van der Waals surface area (Å²) in [4.78, 5) is 12.3. The molecular formula is C14H18BrN3O. The quantitative estimate of drug-likeness (QED) is 0.944. The first-order valence-corrected chi connectivity index (χ1v) is 7.03. The van der Waals surface area contributed by atoms with Crippen molar-refractivity contribution >= 4 is 21.6 Å². The number of hydrogen-bond acceptors (Lipinski definition) is 2. The van der Waals surface area contributed by atoms with Gasteiger partial charge in [0, 0.05) is 11.5 Å². The van der Waals surface area contributed by atoms with Gasteiger partial charge in [0.1, 0.15) is 5.69 Å². The van der Waals surface area contributed by atoms with Crippen LogP contribution in [-0.4, -0.2) is 9.36 Å². The Labute approximate surface area is 120 Å². The van der Waals surface area contributed by atoms with Crippen molar-refractivity contribution in [3.8, 4) is 5.69 Å². The molecule has 102 valence electrons. The van der Waals surface area contributed by atoms with E-state index in [1.54, 1.807) is 4.68 Å². The molecule has 2 rings (SSSR count). The van der Waals surface area contributed by atoms with Gasteiger partial charge in [0.2, 0.25) is 0 Å². The van der Waals surface area contributed by atoms with E-state index in [9.17, 15) is 4.79 Å². The van der Waals surface area contributed by atoms with Crippen LogP contribution in [0.4, 0.5) is 5.69 Å². The minimum atomic E-state index is -0.152. The smallest absolute Gasteiger partial charge is 0.294 e. The third-order valence-corrected chi connectivity index (χ3v) is 3.63. The zero-order valence-electron chi connectivity index (χ0n) is 11.4.